The zero-order chi connectivity index (χ0) is 15.4. The molecular weight excluding hydrogens is 260 g/mol. The zero-order valence-corrected chi connectivity index (χ0v) is 12.4. The third-order valence-electron chi connectivity index (χ3n) is 2.58. The van der Waals surface area contributed by atoms with E-state index in [0.29, 0.717) is 12.0 Å². The van der Waals surface area contributed by atoms with Crippen molar-refractivity contribution in [1.82, 2.24) is 0 Å². The van der Waals surface area contributed by atoms with Crippen LogP contribution in [0.25, 0.3) is 0 Å². The Hall–Kier alpha value is -1.72. The average Bonchev–Trinajstić information content (AvgIpc) is 2.46. The monoisotopic (exact) mass is 282 g/mol. The first-order chi connectivity index (χ1) is 9.56. The first-order valence-electron chi connectivity index (χ1n) is 6.21. The second kappa shape index (κ2) is 11.1. The molecule has 0 amide bonds. The summed E-state index contributed by atoms with van der Waals surface area (Å²) in [5.74, 6) is -0.425. The van der Waals surface area contributed by atoms with Gasteiger partial charge in [0.05, 0.1) is 6.10 Å². The lowest BCUT2D eigenvalue weighted by molar-refractivity contribution is -0.149. The number of hydrogen-bond acceptors (Lipinski definition) is 5. The number of rotatable bonds is 9. The smallest absolute Gasteiger partial charge is 0.335 e. The largest absolute Gasteiger partial charge is 0.435 e. The van der Waals surface area contributed by atoms with E-state index in [1.807, 2.05) is 6.92 Å². The van der Waals surface area contributed by atoms with Gasteiger partial charge in [0.15, 0.2) is 6.79 Å². The van der Waals surface area contributed by atoms with Crippen LogP contribution in [0.2, 0.25) is 0 Å². The Morgan fingerprint density at radius 3 is 2.45 bits per heavy atom. The Kier molecular flexibility index (Phi) is 10.2. The first kappa shape index (κ1) is 18.3. The summed E-state index contributed by atoms with van der Waals surface area (Å²) in [5, 5.41) is 0. The van der Waals surface area contributed by atoms with Crippen molar-refractivity contribution in [1.29, 1.82) is 0 Å². The lowest BCUT2D eigenvalue weighted by Crippen LogP contribution is -2.11. The van der Waals surface area contributed by atoms with Crippen molar-refractivity contribution in [2.45, 2.75) is 26.4 Å². The molecule has 5 nitrogen and oxygen atoms in total. The molecule has 0 aromatic carbocycles. The van der Waals surface area contributed by atoms with Crippen LogP contribution in [0.1, 0.15) is 20.3 Å². The lowest BCUT2D eigenvalue weighted by Gasteiger charge is -2.13. The number of esters is 1. The summed E-state index contributed by atoms with van der Waals surface area (Å²) in [6, 6.07) is 0. The summed E-state index contributed by atoms with van der Waals surface area (Å²) in [4.78, 5) is 21.7. The van der Waals surface area contributed by atoms with E-state index in [-0.39, 0.29) is 12.9 Å². The number of ether oxygens (including phenoxy) is 3. The standard InChI is InChI=1S/C15H22O5/c1-12(14(19-4)7-5-6-10-16)8-9-13(2)15(17)20-11-18-3/h5-6,8-10,14H,7,11H2,1-4H3/b6-5-,12-8-,13-9+. The average molecular weight is 282 g/mol. The lowest BCUT2D eigenvalue weighted by atomic mass is 10.1. The number of hydrogen-bond donors (Lipinski definition) is 0. The van der Waals surface area contributed by atoms with E-state index in [1.165, 1.54) is 13.2 Å². The molecule has 5 heteroatoms. The summed E-state index contributed by atoms with van der Waals surface area (Å²) >= 11 is 0. The molecule has 0 radical (unpaired) electrons. The van der Waals surface area contributed by atoms with Crippen LogP contribution in [0.5, 0.6) is 0 Å². The Bertz CT molecular complexity index is 393. The minimum atomic E-state index is -0.425. The van der Waals surface area contributed by atoms with Crippen LogP contribution in [-0.2, 0) is 23.8 Å². The molecule has 0 aliphatic rings. The third-order valence-corrected chi connectivity index (χ3v) is 2.58. The molecule has 0 aromatic heterocycles. The highest BCUT2D eigenvalue weighted by molar-refractivity contribution is 5.88. The van der Waals surface area contributed by atoms with Crippen molar-refractivity contribution in [3.05, 3.63) is 35.5 Å². The van der Waals surface area contributed by atoms with E-state index in [0.717, 1.165) is 11.9 Å². The van der Waals surface area contributed by atoms with Gasteiger partial charge < -0.3 is 14.2 Å². The maximum Gasteiger partial charge on any atom is 0.335 e. The molecule has 0 N–H and O–H groups in total. The molecule has 112 valence electrons. The molecule has 0 aromatic rings. The molecule has 20 heavy (non-hydrogen) atoms. The summed E-state index contributed by atoms with van der Waals surface area (Å²) in [5.41, 5.74) is 1.42. The van der Waals surface area contributed by atoms with E-state index in [9.17, 15) is 9.59 Å². The van der Waals surface area contributed by atoms with Crippen molar-refractivity contribution in [2.24, 2.45) is 0 Å². The number of aldehydes is 1. The number of carbonyl (C=O) groups excluding carboxylic acids is 2. The van der Waals surface area contributed by atoms with Crippen molar-refractivity contribution in [2.75, 3.05) is 21.0 Å². The molecule has 0 bridgehead atoms. The predicted octanol–water partition coefficient (Wildman–Crippen LogP) is 2.19. The van der Waals surface area contributed by atoms with Crippen LogP contribution in [0.15, 0.2) is 35.5 Å². The Labute approximate surface area is 119 Å². The van der Waals surface area contributed by atoms with Crippen LogP contribution in [0.4, 0.5) is 0 Å². The Morgan fingerprint density at radius 1 is 1.20 bits per heavy atom. The highest BCUT2D eigenvalue weighted by Gasteiger charge is 2.08. The molecule has 0 aliphatic carbocycles. The number of methoxy groups -OCH3 is 2. The van der Waals surface area contributed by atoms with Gasteiger partial charge in [-0.3, -0.25) is 4.79 Å². The van der Waals surface area contributed by atoms with Crippen LogP contribution in [0.3, 0.4) is 0 Å². The minimum Gasteiger partial charge on any atom is -0.435 e. The van der Waals surface area contributed by atoms with Gasteiger partial charge >= 0.3 is 5.97 Å². The minimum absolute atomic E-state index is 0.0656. The van der Waals surface area contributed by atoms with E-state index < -0.39 is 5.97 Å². The van der Waals surface area contributed by atoms with Gasteiger partial charge in [-0.25, -0.2) is 4.79 Å². The van der Waals surface area contributed by atoms with E-state index in [4.69, 9.17) is 9.47 Å². The quantitative estimate of drug-likeness (QED) is 0.213. The predicted molar refractivity (Wildman–Crippen MR) is 76.1 cm³/mol. The van der Waals surface area contributed by atoms with Gasteiger partial charge in [0, 0.05) is 19.8 Å². The molecule has 0 fully saturated rings. The van der Waals surface area contributed by atoms with Crippen molar-refractivity contribution < 1.29 is 23.8 Å². The molecule has 0 spiro atoms. The van der Waals surface area contributed by atoms with Gasteiger partial charge in [-0.05, 0) is 31.9 Å². The zero-order valence-electron chi connectivity index (χ0n) is 12.4. The van der Waals surface area contributed by atoms with E-state index in [1.54, 1.807) is 32.3 Å². The van der Waals surface area contributed by atoms with E-state index >= 15 is 0 Å². The highest BCUT2D eigenvalue weighted by atomic mass is 16.7. The van der Waals surface area contributed by atoms with Crippen molar-refractivity contribution in [3.8, 4) is 0 Å². The Balaban J connectivity index is 4.63. The van der Waals surface area contributed by atoms with Crippen molar-refractivity contribution in [3.63, 3.8) is 0 Å². The van der Waals surface area contributed by atoms with Gasteiger partial charge in [-0.2, -0.15) is 0 Å². The van der Waals surface area contributed by atoms with Crippen LogP contribution in [0, 0.1) is 0 Å². The SMILES string of the molecule is COCOC(=O)/C(C)=C/C=C(/C)C(C/C=C\C=O)OC. The number of carbonyl (C=O) groups is 2. The maximum absolute atomic E-state index is 11.5. The molecule has 0 aliphatic heterocycles. The third kappa shape index (κ3) is 7.66. The molecule has 1 atom stereocenters. The normalized spacial score (nSPS) is 14.4. The van der Waals surface area contributed by atoms with Crippen molar-refractivity contribution >= 4 is 12.3 Å². The fourth-order valence-electron chi connectivity index (χ4n) is 1.38. The second-order valence-corrected chi connectivity index (χ2v) is 4.12. The van der Waals surface area contributed by atoms with Gasteiger partial charge in [-0.1, -0.05) is 18.2 Å². The molecule has 0 rings (SSSR count). The van der Waals surface area contributed by atoms with Gasteiger partial charge in [0.1, 0.15) is 6.29 Å². The Morgan fingerprint density at radius 2 is 1.90 bits per heavy atom. The molecule has 0 heterocycles. The molecule has 0 saturated heterocycles. The topological polar surface area (TPSA) is 61.8 Å². The maximum atomic E-state index is 11.5. The molecular formula is C15H22O5. The molecule has 1 unspecified atom stereocenters. The summed E-state index contributed by atoms with van der Waals surface area (Å²) in [6.07, 6.45) is 7.82. The summed E-state index contributed by atoms with van der Waals surface area (Å²) < 4.78 is 14.8. The number of allylic oxidation sites excluding steroid dienone is 3. The van der Waals surface area contributed by atoms with Gasteiger partial charge in [0.2, 0.25) is 0 Å². The van der Waals surface area contributed by atoms with Gasteiger partial charge in [0.25, 0.3) is 0 Å². The fraction of sp³-hybridized carbons (Fsp3) is 0.467. The first-order valence-corrected chi connectivity index (χ1v) is 6.21. The van der Waals surface area contributed by atoms with Crippen LogP contribution < -0.4 is 0 Å². The summed E-state index contributed by atoms with van der Waals surface area (Å²) in [7, 11) is 3.05. The van der Waals surface area contributed by atoms with Gasteiger partial charge in [-0.15, -0.1) is 0 Å². The second-order valence-electron chi connectivity index (χ2n) is 4.12. The van der Waals surface area contributed by atoms with Crippen LogP contribution in [-0.4, -0.2) is 39.4 Å². The molecule has 0 saturated carbocycles. The fourth-order valence-corrected chi connectivity index (χ4v) is 1.38. The van der Waals surface area contributed by atoms with E-state index in [2.05, 4.69) is 4.74 Å². The summed E-state index contributed by atoms with van der Waals surface area (Å²) in [6.45, 7) is 3.49. The van der Waals surface area contributed by atoms with Crippen LogP contribution >= 0.6 is 0 Å². The highest BCUT2D eigenvalue weighted by Crippen LogP contribution is 2.11.